The van der Waals surface area contributed by atoms with E-state index >= 15 is 0 Å². The lowest BCUT2D eigenvalue weighted by Crippen LogP contribution is -2.13. The number of benzene rings is 1. The summed E-state index contributed by atoms with van der Waals surface area (Å²) in [5.41, 5.74) is 3.98. The molecule has 0 aliphatic heterocycles. The summed E-state index contributed by atoms with van der Waals surface area (Å²) in [7, 11) is 0. The van der Waals surface area contributed by atoms with Gasteiger partial charge in [0.25, 0.3) is 0 Å². The maximum Gasteiger partial charge on any atom is 0.204 e. The van der Waals surface area contributed by atoms with E-state index in [0.29, 0.717) is 5.82 Å². The van der Waals surface area contributed by atoms with E-state index in [1.807, 2.05) is 31.2 Å². The van der Waals surface area contributed by atoms with Gasteiger partial charge in [0, 0.05) is 22.2 Å². The van der Waals surface area contributed by atoms with Crippen LogP contribution in [0.25, 0.3) is 22.6 Å². The number of imidazole rings is 1. The molecule has 3 rings (SSSR count). The number of hydrogen-bond donors (Lipinski definition) is 2. The Hall–Kier alpha value is -2.50. The summed E-state index contributed by atoms with van der Waals surface area (Å²) in [4.78, 5) is 8.13. The molecule has 0 spiro atoms. The Labute approximate surface area is 123 Å². The van der Waals surface area contributed by atoms with Crippen LogP contribution in [-0.2, 0) is 5.41 Å². The molecule has 108 valence electrons. The fourth-order valence-electron chi connectivity index (χ4n) is 2.19. The van der Waals surface area contributed by atoms with Crippen LogP contribution < -0.4 is 0 Å². The SMILES string of the molecule is Cc1[nH]c(C(C)(C)C)nc1-c1cccc(-c2nn[nH]n2)c1. The average Bonchev–Trinajstić information content (AvgIpc) is 3.07. The van der Waals surface area contributed by atoms with Crippen molar-refractivity contribution >= 4 is 0 Å². The second-order valence-electron chi connectivity index (χ2n) is 6.13. The Morgan fingerprint density at radius 2 is 1.86 bits per heavy atom. The van der Waals surface area contributed by atoms with Crippen LogP contribution in [0, 0.1) is 6.92 Å². The van der Waals surface area contributed by atoms with Crippen LogP contribution in [0.1, 0.15) is 32.3 Å². The van der Waals surface area contributed by atoms with Crippen molar-refractivity contribution in [3.8, 4) is 22.6 Å². The average molecular weight is 282 g/mol. The number of H-pyrrole nitrogens is 2. The van der Waals surface area contributed by atoms with Gasteiger partial charge in [-0.1, -0.05) is 39.0 Å². The monoisotopic (exact) mass is 282 g/mol. The molecule has 6 nitrogen and oxygen atoms in total. The molecule has 0 bridgehead atoms. The van der Waals surface area contributed by atoms with Gasteiger partial charge in [-0.25, -0.2) is 4.98 Å². The van der Waals surface area contributed by atoms with Crippen LogP contribution in [0.4, 0.5) is 0 Å². The van der Waals surface area contributed by atoms with Gasteiger partial charge < -0.3 is 4.98 Å². The second kappa shape index (κ2) is 4.80. The van der Waals surface area contributed by atoms with E-state index in [1.54, 1.807) is 0 Å². The van der Waals surface area contributed by atoms with Crippen molar-refractivity contribution in [2.24, 2.45) is 0 Å². The summed E-state index contributed by atoms with van der Waals surface area (Å²) >= 11 is 0. The number of nitrogens with zero attached hydrogens (tertiary/aromatic N) is 4. The molecule has 0 radical (unpaired) electrons. The van der Waals surface area contributed by atoms with E-state index in [-0.39, 0.29) is 5.41 Å². The first-order valence-corrected chi connectivity index (χ1v) is 6.86. The van der Waals surface area contributed by atoms with Gasteiger partial charge in [-0.3, -0.25) is 0 Å². The van der Waals surface area contributed by atoms with Crippen molar-refractivity contribution < 1.29 is 0 Å². The molecule has 0 atom stereocenters. The van der Waals surface area contributed by atoms with Crippen molar-refractivity contribution in [1.29, 1.82) is 0 Å². The highest BCUT2D eigenvalue weighted by molar-refractivity contribution is 5.69. The van der Waals surface area contributed by atoms with E-state index in [2.05, 4.69) is 46.4 Å². The van der Waals surface area contributed by atoms with E-state index in [1.165, 1.54) is 0 Å². The standard InChI is InChI=1S/C15H18N6/c1-9-12(17-14(16-9)15(2,3)4)10-6-5-7-11(8-10)13-18-20-21-19-13/h5-8H,1-4H3,(H,16,17)(H,18,19,20,21). The first-order valence-electron chi connectivity index (χ1n) is 6.86. The molecule has 1 aromatic carbocycles. The Kier molecular flexibility index (Phi) is 3.08. The molecule has 21 heavy (non-hydrogen) atoms. The van der Waals surface area contributed by atoms with Crippen LogP contribution in [0.5, 0.6) is 0 Å². The molecule has 2 N–H and O–H groups in total. The third kappa shape index (κ3) is 2.56. The first kappa shape index (κ1) is 13.5. The number of rotatable bonds is 2. The van der Waals surface area contributed by atoms with Crippen molar-refractivity contribution in [1.82, 2.24) is 30.6 Å². The maximum atomic E-state index is 4.75. The Morgan fingerprint density at radius 3 is 2.48 bits per heavy atom. The first-order chi connectivity index (χ1) is 9.95. The lowest BCUT2D eigenvalue weighted by atomic mass is 9.96. The molecule has 0 aliphatic rings. The fraction of sp³-hybridized carbons (Fsp3) is 0.333. The van der Waals surface area contributed by atoms with Crippen LogP contribution in [0.3, 0.4) is 0 Å². The van der Waals surface area contributed by atoms with Gasteiger partial charge >= 0.3 is 0 Å². The zero-order valence-electron chi connectivity index (χ0n) is 12.6. The predicted molar refractivity (Wildman–Crippen MR) is 80.6 cm³/mol. The zero-order valence-corrected chi connectivity index (χ0v) is 12.6. The third-order valence-electron chi connectivity index (χ3n) is 3.33. The van der Waals surface area contributed by atoms with Crippen LogP contribution in [0.2, 0.25) is 0 Å². The van der Waals surface area contributed by atoms with Gasteiger partial charge in [0.15, 0.2) is 0 Å². The van der Waals surface area contributed by atoms with Crippen molar-refractivity contribution in [3.05, 3.63) is 35.8 Å². The molecule has 0 fully saturated rings. The molecular weight excluding hydrogens is 264 g/mol. The third-order valence-corrected chi connectivity index (χ3v) is 3.33. The number of aromatic nitrogens is 6. The number of nitrogens with one attached hydrogen (secondary N) is 2. The highest BCUT2D eigenvalue weighted by atomic mass is 15.5. The second-order valence-corrected chi connectivity index (χ2v) is 6.13. The number of tetrazole rings is 1. The minimum atomic E-state index is -0.00567. The molecule has 0 unspecified atom stereocenters. The summed E-state index contributed by atoms with van der Waals surface area (Å²) in [5, 5.41) is 14.1. The van der Waals surface area contributed by atoms with Crippen molar-refractivity contribution in [2.45, 2.75) is 33.1 Å². The summed E-state index contributed by atoms with van der Waals surface area (Å²) < 4.78 is 0. The topological polar surface area (TPSA) is 83.1 Å². The van der Waals surface area contributed by atoms with E-state index in [4.69, 9.17) is 4.98 Å². The zero-order chi connectivity index (χ0) is 15.0. The summed E-state index contributed by atoms with van der Waals surface area (Å²) in [5.74, 6) is 1.57. The Balaban J connectivity index is 2.05. The summed E-state index contributed by atoms with van der Waals surface area (Å²) in [6, 6.07) is 8.01. The molecule has 3 aromatic rings. The smallest absolute Gasteiger partial charge is 0.204 e. The predicted octanol–water partition coefficient (Wildman–Crippen LogP) is 2.86. The maximum absolute atomic E-state index is 4.75. The highest BCUT2D eigenvalue weighted by Gasteiger charge is 2.20. The quantitative estimate of drug-likeness (QED) is 0.757. The molecular formula is C15H18N6. The number of hydrogen-bond acceptors (Lipinski definition) is 4. The van der Waals surface area contributed by atoms with Gasteiger partial charge in [-0.05, 0) is 18.2 Å². The van der Waals surface area contributed by atoms with Crippen LogP contribution >= 0.6 is 0 Å². The van der Waals surface area contributed by atoms with Gasteiger partial charge in [0.2, 0.25) is 5.82 Å². The largest absolute Gasteiger partial charge is 0.345 e. The van der Waals surface area contributed by atoms with Gasteiger partial charge in [-0.2, -0.15) is 5.21 Å². The number of aromatic amines is 2. The molecule has 0 aliphatic carbocycles. The van der Waals surface area contributed by atoms with E-state index in [9.17, 15) is 0 Å². The Morgan fingerprint density at radius 1 is 1.10 bits per heavy atom. The van der Waals surface area contributed by atoms with Crippen LogP contribution in [0.15, 0.2) is 24.3 Å². The Bertz CT molecular complexity index is 749. The molecule has 2 aromatic heterocycles. The van der Waals surface area contributed by atoms with E-state index < -0.39 is 0 Å². The molecule has 2 heterocycles. The van der Waals surface area contributed by atoms with Crippen LogP contribution in [-0.4, -0.2) is 30.6 Å². The van der Waals surface area contributed by atoms with Crippen molar-refractivity contribution in [2.75, 3.05) is 0 Å². The summed E-state index contributed by atoms with van der Waals surface area (Å²) in [6.45, 7) is 8.47. The molecule has 0 saturated carbocycles. The van der Waals surface area contributed by atoms with Gasteiger partial charge in [-0.15, -0.1) is 10.2 Å². The van der Waals surface area contributed by atoms with Gasteiger partial charge in [0.05, 0.1) is 5.69 Å². The minimum Gasteiger partial charge on any atom is -0.345 e. The molecule has 0 amide bonds. The lowest BCUT2D eigenvalue weighted by Gasteiger charge is -2.14. The molecule has 0 saturated heterocycles. The van der Waals surface area contributed by atoms with Gasteiger partial charge in [0.1, 0.15) is 5.82 Å². The van der Waals surface area contributed by atoms with Crippen molar-refractivity contribution in [3.63, 3.8) is 0 Å². The normalized spacial score (nSPS) is 11.8. The minimum absolute atomic E-state index is 0.00567. The fourth-order valence-corrected chi connectivity index (χ4v) is 2.19. The highest BCUT2D eigenvalue weighted by Crippen LogP contribution is 2.28. The number of aryl methyl sites for hydroxylation is 1. The van der Waals surface area contributed by atoms with E-state index in [0.717, 1.165) is 28.3 Å². The molecule has 6 heteroatoms. The lowest BCUT2D eigenvalue weighted by molar-refractivity contribution is 0.552. The summed E-state index contributed by atoms with van der Waals surface area (Å²) in [6.07, 6.45) is 0.